The Bertz CT molecular complexity index is 1060. The fourth-order valence-electron chi connectivity index (χ4n) is 3.07. The number of phenolic OH excluding ortho intramolecular Hbond substituents is 1. The van der Waals surface area contributed by atoms with Crippen LogP contribution in [0.15, 0.2) is 47.5 Å². The lowest BCUT2D eigenvalue weighted by molar-refractivity contribution is -0.118. The Morgan fingerprint density at radius 1 is 1.16 bits per heavy atom. The number of amides is 1. The Kier molecular flexibility index (Phi) is 8.75. The summed E-state index contributed by atoms with van der Waals surface area (Å²) in [6, 6.07) is 12.8. The minimum Gasteiger partial charge on any atom is -0.508 e. The van der Waals surface area contributed by atoms with Crippen LogP contribution in [0.4, 0.5) is 0 Å². The molecule has 1 amide bonds. The normalized spacial score (nSPS) is 11.4. The van der Waals surface area contributed by atoms with E-state index in [9.17, 15) is 9.90 Å². The number of halogens is 1. The number of fused-ring (bicyclic) bond motifs is 3. The average molecular weight is 442 g/mol. The molecular formula is C23H28ClN5O2. The van der Waals surface area contributed by atoms with Gasteiger partial charge in [0, 0.05) is 29.6 Å². The van der Waals surface area contributed by atoms with Crippen molar-refractivity contribution in [3.05, 3.63) is 70.3 Å². The van der Waals surface area contributed by atoms with Gasteiger partial charge in [-0.1, -0.05) is 37.6 Å². The lowest BCUT2D eigenvalue weighted by Gasteiger charge is -2.13. The average Bonchev–Trinajstić information content (AvgIpc) is 3.03. The third-order valence-electron chi connectivity index (χ3n) is 4.29. The first-order valence-corrected chi connectivity index (χ1v) is 10.6. The molecule has 0 saturated heterocycles. The Morgan fingerprint density at radius 3 is 2.42 bits per heavy atom. The number of nitrogens with zero attached hydrogens (tertiary/aromatic N) is 4. The Hall–Kier alpha value is -3.19. The lowest BCUT2D eigenvalue weighted by Crippen LogP contribution is -2.18. The van der Waals surface area contributed by atoms with E-state index in [1.54, 1.807) is 12.1 Å². The van der Waals surface area contributed by atoms with E-state index in [0.717, 1.165) is 40.7 Å². The van der Waals surface area contributed by atoms with Crippen LogP contribution in [0.5, 0.6) is 5.75 Å². The van der Waals surface area contributed by atoms with E-state index in [1.165, 1.54) is 6.92 Å². The van der Waals surface area contributed by atoms with Crippen LogP contribution in [0, 0.1) is 6.92 Å². The van der Waals surface area contributed by atoms with E-state index in [4.69, 9.17) is 16.6 Å². The van der Waals surface area contributed by atoms with Crippen molar-refractivity contribution in [3.63, 3.8) is 0 Å². The van der Waals surface area contributed by atoms with Crippen LogP contribution in [0.2, 0.25) is 5.02 Å². The van der Waals surface area contributed by atoms with E-state index in [1.807, 2.05) is 62.6 Å². The number of aromatic nitrogens is 3. The van der Waals surface area contributed by atoms with E-state index < -0.39 is 0 Å². The minimum atomic E-state index is 0.0394. The van der Waals surface area contributed by atoms with Crippen LogP contribution in [0.1, 0.15) is 50.5 Å². The SMILES string of the molecule is CC.CCNC(C)=O.Cc1nnc2n1-c1ccc(O)cc1C(c1ccc(Cl)cc1)=NC2. The predicted molar refractivity (Wildman–Crippen MR) is 124 cm³/mol. The lowest BCUT2D eigenvalue weighted by atomic mass is 10.00. The molecule has 0 atom stereocenters. The number of hydrogen-bond donors (Lipinski definition) is 2. The van der Waals surface area contributed by atoms with Crippen LogP contribution < -0.4 is 5.32 Å². The maximum atomic E-state index is 9.94. The zero-order chi connectivity index (χ0) is 23.0. The van der Waals surface area contributed by atoms with Gasteiger partial charge in [0.25, 0.3) is 0 Å². The zero-order valence-electron chi connectivity index (χ0n) is 18.5. The second kappa shape index (κ2) is 11.3. The van der Waals surface area contributed by atoms with Crippen molar-refractivity contribution < 1.29 is 9.90 Å². The predicted octanol–water partition coefficient (Wildman–Crippen LogP) is 4.45. The number of carbonyl (C=O) groups excluding carboxylic acids is 1. The van der Waals surface area contributed by atoms with Crippen LogP contribution in [0.25, 0.3) is 5.69 Å². The minimum absolute atomic E-state index is 0.0394. The molecule has 1 aromatic heterocycles. The van der Waals surface area contributed by atoms with Gasteiger partial charge in [0.1, 0.15) is 18.1 Å². The molecule has 7 nitrogen and oxygen atoms in total. The Labute approximate surface area is 187 Å². The first kappa shape index (κ1) is 24.1. The van der Waals surface area contributed by atoms with Gasteiger partial charge in [-0.15, -0.1) is 10.2 Å². The molecule has 2 aromatic carbocycles. The van der Waals surface area contributed by atoms with Gasteiger partial charge in [0.05, 0.1) is 11.4 Å². The van der Waals surface area contributed by atoms with Gasteiger partial charge >= 0.3 is 0 Å². The van der Waals surface area contributed by atoms with Crippen molar-refractivity contribution in [3.8, 4) is 11.4 Å². The maximum Gasteiger partial charge on any atom is 0.216 e. The summed E-state index contributed by atoms with van der Waals surface area (Å²) in [4.78, 5) is 14.6. The number of aromatic hydroxyl groups is 1. The third kappa shape index (κ3) is 5.92. The van der Waals surface area contributed by atoms with Crippen molar-refractivity contribution >= 4 is 23.2 Å². The molecule has 2 N–H and O–H groups in total. The molecule has 2 heterocycles. The summed E-state index contributed by atoms with van der Waals surface area (Å²) in [6.07, 6.45) is 0. The van der Waals surface area contributed by atoms with Gasteiger partial charge in [0.2, 0.25) is 5.91 Å². The number of carbonyl (C=O) groups is 1. The second-order valence-electron chi connectivity index (χ2n) is 6.46. The molecule has 31 heavy (non-hydrogen) atoms. The van der Waals surface area contributed by atoms with Crippen molar-refractivity contribution in [2.75, 3.05) is 6.54 Å². The molecule has 0 unspecified atom stereocenters. The topological polar surface area (TPSA) is 92.4 Å². The molecule has 164 valence electrons. The molecule has 1 aliphatic rings. The Morgan fingerprint density at radius 2 is 1.84 bits per heavy atom. The largest absolute Gasteiger partial charge is 0.508 e. The summed E-state index contributed by atoms with van der Waals surface area (Å²) in [5.41, 5.74) is 3.50. The van der Waals surface area contributed by atoms with E-state index in [-0.39, 0.29) is 11.7 Å². The Balaban J connectivity index is 0.000000372. The van der Waals surface area contributed by atoms with Crippen molar-refractivity contribution in [1.29, 1.82) is 0 Å². The van der Waals surface area contributed by atoms with Gasteiger partial charge in [-0.3, -0.25) is 14.4 Å². The van der Waals surface area contributed by atoms with E-state index in [0.29, 0.717) is 11.6 Å². The first-order valence-electron chi connectivity index (χ1n) is 10.2. The molecule has 3 aromatic rings. The highest BCUT2D eigenvalue weighted by Crippen LogP contribution is 2.28. The summed E-state index contributed by atoms with van der Waals surface area (Å²) in [5, 5.41) is 21.5. The quantitative estimate of drug-likeness (QED) is 0.614. The summed E-state index contributed by atoms with van der Waals surface area (Å²) in [6.45, 7) is 10.5. The summed E-state index contributed by atoms with van der Waals surface area (Å²) < 4.78 is 1.97. The fourth-order valence-corrected chi connectivity index (χ4v) is 3.20. The van der Waals surface area contributed by atoms with Crippen molar-refractivity contribution in [2.45, 2.75) is 41.2 Å². The number of nitrogens with one attached hydrogen (secondary N) is 1. The molecule has 1 aliphatic heterocycles. The molecular weight excluding hydrogens is 414 g/mol. The number of hydrogen-bond acceptors (Lipinski definition) is 5. The highest BCUT2D eigenvalue weighted by Gasteiger charge is 2.21. The first-order chi connectivity index (χ1) is 14.9. The molecule has 0 spiro atoms. The van der Waals surface area contributed by atoms with Crippen LogP contribution in [0.3, 0.4) is 0 Å². The molecule has 0 fully saturated rings. The van der Waals surface area contributed by atoms with E-state index in [2.05, 4.69) is 15.5 Å². The van der Waals surface area contributed by atoms with Gasteiger partial charge in [-0.05, 0) is 44.2 Å². The number of benzene rings is 2. The van der Waals surface area contributed by atoms with E-state index >= 15 is 0 Å². The van der Waals surface area contributed by atoms with Gasteiger partial charge < -0.3 is 10.4 Å². The summed E-state index contributed by atoms with van der Waals surface area (Å²) in [7, 11) is 0. The number of rotatable bonds is 2. The highest BCUT2D eigenvalue weighted by atomic mass is 35.5. The highest BCUT2D eigenvalue weighted by molar-refractivity contribution is 6.30. The smallest absolute Gasteiger partial charge is 0.216 e. The van der Waals surface area contributed by atoms with Gasteiger partial charge in [0.15, 0.2) is 5.82 Å². The van der Waals surface area contributed by atoms with Crippen LogP contribution in [-0.2, 0) is 11.3 Å². The van der Waals surface area contributed by atoms with Crippen molar-refractivity contribution in [2.24, 2.45) is 4.99 Å². The molecule has 0 saturated carbocycles. The van der Waals surface area contributed by atoms with Crippen molar-refractivity contribution in [1.82, 2.24) is 20.1 Å². The molecule has 0 radical (unpaired) electrons. The number of aryl methyl sites for hydroxylation is 1. The molecule has 4 rings (SSSR count). The standard InChI is InChI=1S/C17H13ClN4O.C4H9NO.C2H6/c1-10-20-21-16-9-19-17(11-2-4-12(18)5-3-11)14-8-13(23)6-7-15(14)22(10)16;1-3-5-4(2)6;1-2/h2-8,23H,9H2,1H3;3H2,1-2H3,(H,5,6);1-2H3. The second-order valence-corrected chi connectivity index (χ2v) is 6.89. The maximum absolute atomic E-state index is 9.94. The fraction of sp³-hybridized carbons (Fsp3) is 0.304. The molecule has 8 heteroatoms. The van der Waals surface area contributed by atoms with Crippen LogP contribution in [-0.4, -0.2) is 38.0 Å². The summed E-state index contributed by atoms with van der Waals surface area (Å²) in [5.74, 6) is 1.80. The third-order valence-corrected chi connectivity index (χ3v) is 4.54. The summed E-state index contributed by atoms with van der Waals surface area (Å²) >= 11 is 5.98. The molecule has 0 bridgehead atoms. The van der Waals surface area contributed by atoms with Gasteiger partial charge in [-0.25, -0.2) is 0 Å². The number of phenols is 1. The van der Waals surface area contributed by atoms with Crippen LogP contribution >= 0.6 is 11.6 Å². The number of aliphatic imine (C=N–C) groups is 1. The molecule has 0 aliphatic carbocycles. The monoisotopic (exact) mass is 441 g/mol. The zero-order valence-corrected chi connectivity index (χ0v) is 19.2. The van der Waals surface area contributed by atoms with Gasteiger partial charge in [-0.2, -0.15) is 0 Å².